The Hall–Kier alpha value is -1.22. The molecule has 2 aliphatic rings. The molecule has 1 atom stereocenters. The van der Waals surface area contributed by atoms with E-state index < -0.39 is 15.8 Å². The van der Waals surface area contributed by atoms with E-state index in [9.17, 15) is 17.6 Å². The van der Waals surface area contributed by atoms with Crippen LogP contribution in [0.15, 0.2) is 23.1 Å². The predicted octanol–water partition coefficient (Wildman–Crippen LogP) is 2.23. The van der Waals surface area contributed by atoms with Gasteiger partial charge in [0.2, 0.25) is 10.0 Å². The molecule has 0 aromatic heterocycles. The molecule has 2 fully saturated rings. The summed E-state index contributed by atoms with van der Waals surface area (Å²) in [4.78, 5) is 13.8. The van der Waals surface area contributed by atoms with Gasteiger partial charge in [0.05, 0.1) is 10.5 Å². The molecule has 0 aliphatic carbocycles. The second-order valence-corrected chi connectivity index (χ2v) is 9.80. The van der Waals surface area contributed by atoms with E-state index in [1.807, 2.05) is 13.8 Å². The highest BCUT2D eigenvalue weighted by atomic mass is 35.5. The van der Waals surface area contributed by atoms with Crippen LogP contribution in [0, 0.1) is 11.2 Å². The van der Waals surface area contributed by atoms with Gasteiger partial charge in [0.15, 0.2) is 0 Å². The van der Waals surface area contributed by atoms with E-state index in [1.165, 1.54) is 16.4 Å². The Labute approximate surface area is 166 Å². The van der Waals surface area contributed by atoms with Gasteiger partial charge >= 0.3 is 0 Å². The van der Waals surface area contributed by atoms with Gasteiger partial charge in [-0.05, 0) is 42.9 Å². The van der Waals surface area contributed by atoms with Gasteiger partial charge in [0.25, 0.3) is 5.91 Å². The van der Waals surface area contributed by atoms with E-state index in [4.69, 9.17) is 5.73 Å². The summed E-state index contributed by atoms with van der Waals surface area (Å²) < 4.78 is 41.7. The second kappa shape index (κ2) is 8.03. The van der Waals surface area contributed by atoms with Crippen LogP contribution >= 0.6 is 12.4 Å². The third-order valence-electron chi connectivity index (χ3n) is 5.48. The van der Waals surface area contributed by atoms with Crippen LogP contribution in [-0.2, 0) is 10.0 Å². The summed E-state index contributed by atoms with van der Waals surface area (Å²) >= 11 is 0. The van der Waals surface area contributed by atoms with Crippen molar-refractivity contribution < 1.29 is 17.6 Å². The van der Waals surface area contributed by atoms with Gasteiger partial charge < -0.3 is 10.6 Å². The Morgan fingerprint density at radius 2 is 1.85 bits per heavy atom. The smallest absolute Gasteiger partial charge is 0.256 e. The van der Waals surface area contributed by atoms with Crippen LogP contribution in [0.3, 0.4) is 0 Å². The molecule has 1 aromatic carbocycles. The monoisotopic (exact) mass is 419 g/mol. The third kappa shape index (κ3) is 4.29. The highest BCUT2D eigenvalue weighted by Crippen LogP contribution is 2.31. The molecule has 1 amide bonds. The minimum Gasteiger partial charge on any atom is -0.339 e. The molecule has 3 rings (SSSR count). The van der Waals surface area contributed by atoms with Gasteiger partial charge in [-0.2, -0.15) is 4.31 Å². The van der Waals surface area contributed by atoms with Crippen LogP contribution in [-0.4, -0.2) is 55.8 Å². The maximum absolute atomic E-state index is 14.5. The van der Waals surface area contributed by atoms with Crippen molar-refractivity contribution in [1.29, 1.82) is 0 Å². The Kier molecular flexibility index (Phi) is 6.56. The summed E-state index contributed by atoms with van der Waals surface area (Å²) in [6, 6.07) is 3.48. The first-order valence-electron chi connectivity index (χ1n) is 8.97. The molecule has 27 heavy (non-hydrogen) atoms. The van der Waals surface area contributed by atoms with Crippen molar-refractivity contribution in [3.05, 3.63) is 29.6 Å². The molecule has 0 spiro atoms. The Bertz CT molecular complexity index is 810. The number of carbonyl (C=O) groups is 1. The first kappa shape index (κ1) is 22.1. The molecule has 9 heteroatoms. The van der Waals surface area contributed by atoms with E-state index in [1.54, 1.807) is 4.90 Å². The van der Waals surface area contributed by atoms with Gasteiger partial charge in [-0.25, -0.2) is 12.8 Å². The zero-order valence-electron chi connectivity index (χ0n) is 15.7. The van der Waals surface area contributed by atoms with E-state index >= 15 is 0 Å². The number of sulfonamides is 1. The highest BCUT2D eigenvalue weighted by Gasteiger charge is 2.39. The average Bonchev–Trinajstić information content (AvgIpc) is 3.11. The fourth-order valence-electron chi connectivity index (χ4n) is 3.60. The van der Waals surface area contributed by atoms with E-state index in [0.29, 0.717) is 26.1 Å². The fourth-order valence-corrected chi connectivity index (χ4v) is 5.24. The summed E-state index contributed by atoms with van der Waals surface area (Å²) in [6.07, 6.45) is 2.37. The molecule has 0 saturated carbocycles. The Balaban J connectivity index is 0.00000261. The molecule has 0 bridgehead atoms. The highest BCUT2D eigenvalue weighted by molar-refractivity contribution is 7.89. The minimum atomic E-state index is -3.83. The van der Waals surface area contributed by atoms with Gasteiger partial charge in [-0.3, -0.25) is 4.79 Å². The first-order valence-corrected chi connectivity index (χ1v) is 10.4. The molecule has 2 aliphatic heterocycles. The molecule has 6 nitrogen and oxygen atoms in total. The van der Waals surface area contributed by atoms with Crippen LogP contribution in [0.4, 0.5) is 4.39 Å². The number of hydrogen-bond acceptors (Lipinski definition) is 4. The number of nitrogens with two attached hydrogens (primary N) is 1. The Morgan fingerprint density at radius 1 is 1.22 bits per heavy atom. The topological polar surface area (TPSA) is 83.7 Å². The molecule has 1 aromatic rings. The van der Waals surface area contributed by atoms with E-state index in [2.05, 4.69) is 0 Å². The number of piperidine rings is 1. The van der Waals surface area contributed by atoms with E-state index in [0.717, 1.165) is 18.9 Å². The van der Waals surface area contributed by atoms with Crippen LogP contribution < -0.4 is 5.73 Å². The van der Waals surface area contributed by atoms with Gasteiger partial charge in [-0.15, -0.1) is 12.4 Å². The molecular formula is C18H27ClFN3O3S. The lowest BCUT2D eigenvalue weighted by molar-refractivity contribution is 0.0788. The van der Waals surface area contributed by atoms with Crippen molar-refractivity contribution in [2.24, 2.45) is 11.1 Å². The molecule has 0 radical (unpaired) electrons. The summed E-state index contributed by atoms with van der Waals surface area (Å²) in [5.41, 5.74) is 5.64. The van der Waals surface area contributed by atoms with E-state index in [-0.39, 0.29) is 46.8 Å². The van der Waals surface area contributed by atoms with Gasteiger partial charge in [-0.1, -0.05) is 13.8 Å². The summed E-state index contributed by atoms with van der Waals surface area (Å²) in [6.45, 7) is 5.67. The molecule has 2 N–H and O–H groups in total. The normalized spacial score (nSPS) is 23.1. The lowest BCUT2D eigenvalue weighted by Crippen LogP contribution is -2.53. The van der Waals surface area contributed by atoms with Crippen molar-refractivity contribution >= 4 is 28.3 Å². The molecule has 152 valence electrons. The number of nitrogens with zero attached hydrogens (tertiary/aromatic N) is 2. The maximum Gasteiger partial charge on any atom is 0.256 e. The lowest BCUT2D eigenvalue weighted by atomic mass is 9.81. The number of benzene rings is 1. The standard InChI is InChI=1S/C18H26FN3O3S.ClH/c1-18(2)12-22(10-7-16(18)20)26(24,25)13-5-6-14(15(19)11-13)17(23)21-8-3-4-9-21;/h5-6,11,16H,3-4,7-10,12,20H2,1-2H3;1H. The first-order chi connectivity index (χ1) is 12.1. The van der Waals surface area contributed by atoms with Crippen molar-refractivity contribution in [1.82, 2.24) is 9.21 Å². The molecular weight excluding hydrogens is 393 g/mol. The van der Waals surface area contributed by atoms with Crippen LogP contribution in [0.2, 0.25) is 0 Å². The number of hydrogen-bond donors (Lipinski definition) is 1. The number of halogens is 2. The van der Waals surface area contributed by atoms with Crippen molar-refractivity contribution in [2.75, 3.05) is 26.2 Å². The fraction of sp³-hybridized carbons (Fsp3) is 0.611. The molecule has 2 saturated heterocycles. The minimum absolute atomic E-state index is 0. The quantitative estimate of drug-likeness (QED) is 0.814. The maximum atomic E-state index is 14.5. The van der Waals surface area contributed by atoms with Crippen LogP contribution in [0.1, 0.15) is 43.5 Å². The number of likely N-dealkylation sites (tertiary alicyclic amines) is 1. The van der Waals surface area contributed by atoms with Crippen molar-refractivity contribution in [3.63, 3.8) is 0 Å². The number of carbonyl (C=O) groups excluding carboxylic acids is 1. The Morgan fingerprint density at radius 3 is 2.41 bits per heavy atom. The average molecular weight is 420 g/mol. The molecule has 2 heterocycles. The third-order valence-corrected chi connectivity index (χ3v) is 7.32. The summed E-state index contributed by atoms with van der Waals surface area (Å²) in [5.74, 6) is -1.18. The largest absolute Gasteiger partial charge is 0.339 e. The summed E-state index contributed by atoms with van der Waals surface area (Å²) in [5, 5.41) is 0. The lowest BCUT2D eigenvalue weighted by Gasteiger charge is -2.41. The zero-order valence-corrected chi connectivity index (χ0v) is 17.3. The van der Waals surface area contributed by atoms with Gasteiger partial charge in [0, 0.05) is 32.2 Å². The second-order valence-electron chi connectivity index (χ2n) is 7.86. The summed E-state index contributed by atoms with van der Waals surface area (Å²) in [7, 11) is -3.83. The van der Waals surface area contributed by atoms with Crippen LogP contribution in [0.25, 0.3) is 0 Å². The zero-order chi connectivity index (χ0) is 19.1. The SMILES string of the molecule is CC1(C)CN(S(=O)(=O)c2ccc(C(=O)N3CCCC3)c(F)c2)CCC1N.Cl. The number of rotatable bonds is 3. The molecule has 1 unspecified atom stereocenters. The predicted molar refractivity (Wildman–Crippen MR) is 104 cm³/mol. The van der Waals surface area contributed by atoms with Gasteiger partial charge in [0.1, 0.15) is 5.82 Å². The number of amides is 1. The van der Waals surface area contributed by atoms with Crippen molar-refractivity contribution in [3.8, 4) is 0 Å². The van der Waals surface area contributed by atoms with Crippen molar-refractivity contribution in [2.45, 2.75) is 44.0 Å². The van der Waals surface area contributed by atoms with Crippen LogP contribution in [0.5, 0.6) is 0 Å².